The SMILES string of the molecule is COc1ccc(-c2cc(=O)cc(-c3cccs3)o2)cc1. The molecule has 0 saturated heterocycles. The van der Waals surface area contributed by atoms with E-state index in [1.165, 1.54) is 12.1 Å². The zero-order chi connectivity index (χ0) is 13.9. The Morgan fingerprint density at radius 2 is 1.80 bits per heavy atom. The van der Waals surface area contributed by atoms with Gasteiger partial charge in [0.05, 0.1) is 12.0 Å². The van der Waals surface area contributed by atoms with Gasteiger partial charge in [0, 0.05) is 17.7 Å². The summed E-state index contributed by atoms with van der Waals surface area (Å²) >= 11 is 1.54. The molecule has 0 amide bonds. The van der Waals surface area contributed by atoms with Crippen molar-refractivity contribution in [3.63, 3.8) is 0 Å². The minimum atomic E-state index is -0.0644. The first-order valence-electron chi connectivity index (χ1n) is 6.10. The third kappa shape index (κ3) is 2.51. The molecule has 0 N–H and O–H groups in total. The molecule has 0 aliphatic rings. The van der Waals surface area contributed by atoms with Crippen molar-refractivity contribution in [1.82, 2.24) is 0 Å². The van der Waals surface area contributed by atoms with Crippen LogP contribution in [-0.4, -0.2) is 7.11 Å². The summed E-state index contributed by atoms with van der Waals surface area (Å²) < 4.78 is 11.0. The third-order valence-corrected chi connectivity index (χ3v) is 3.79. The van der Waals surface area contributed by atoms with Gasteiger partial charge in [0.25, 0.3) is 0 Å². The van der Waals surface area contributed by atoms with Crippen molar-refractivity contribution < 1.29 is 9.15 Å². The van der Waals surface area contributed by atoms with Crippen LogP contribution >= 0.6 is 11.3 Å². The molecule has 3 aromatic rings. The maximum Gasteiger partial charge on any atom is 0.186 e. The number of rotatable bonds is 3. The van der Waals surface area contributed by atoms with E-state index in [0.717, 1.165) is 16.2 Å². The average Bonchev–Trinajstić information content (AvgIpc) is 3.01. The standard InChI is InChI=1S/C16H12O3S/c1-18-13-6-4-11(5-7-13)14-9-12(17)10-15(19-14)16-3-2-8-20-16/h2-10H,1H3. The van der Waals surface area contributed by atoms with Gasteiger partial charge in [-0.05, 0) is 35.7 Å². The van der Waals surface area contributed by atoms with Gasteiger partial charge in [-0.2, -0.15) is 0 Å². The van der Waals surface area contributed by atoms with E-state index in [0.29, 0.717) is 11.5 Å². The Bertz CT molecular complexity index is 755. The molecule has 0 aliphatic heterocycles. The monoisotopic (exact) mass is 284 g/mol. The van der Waals surface area contributed by atoms with Gasteiger partial charge >= 0.3 is 0 Å². The molecule has 0 radical (unpaired) electrons. The lowest BCUT2D eigenvalue weighted by Crippen LogP contribution is -1.98. The van der Waals surface area contributed by atoms with Gasteiger partial charge in [0.2, 0.25) is 0 Å². The predicted octanol–water partition coefficient (Wildman–Crippen LogP) is 4.04. The van der Waals surface area contributed by atoms with Crippen LogP contribution in [0.25, 0.3) is 22.0 Å². The van der Waals surface area contributed by atoms with Crippen molar-refractivity contribution in [3.8, 4) is 27.7 Å². The zero-order valence-electron chi connectivity index (χ0n) is 10.8. The molecule has 0 atom stereocenters. The van der Waals surface area contributed by atoms with Crippen molar-refractivity contribution in [3.05, 3.63) is 64.1 Å². The van der Waals surface area contributed by atoms with Gasteiger partial charge in [-0.1, -0.05) is 6.07 Å². The molecule has 20 heavy (non-hydrogen) atoms. The summed E-state index contributed by atoms with van der Waals surface area (Å²) in [5, 5.41) is 1.95. The highest BCUT2D eigenvalue weighted by Crippen LogP contribution is 2.28. The van der Waals surface area contributed by atoms with Crippen LogP contribution < -0.4 is 10.2 Å². The van der Waals surface area contributed by atoms with E-state index >= 15 is 0 Å². The second-order valence-corrected chi connectivity index (χ2v) is 5.18. The highest BCUT2D eigenvalue weighted by atomic mass is 32.1. The van der Waals surface area contributed by atoms with E-state index in [1.807, 2.05) is 41.8 Å². The van der Waals surface area contributed by atoms with Crippen molar-refractivity contribution >= 4 is 11.3 Å². The van der Waals surface area contributed by atoms with E-state index in [1.54, 1.807) is 18.4 Å². The van der Waals surface area contributed by atoms with Crippen LogP contribution in [0, 0.1) is 0 Å². The number of ether oxygens (including phenoxy) is 1. The molecule has 0 unspecified atom stereocenters. The van der Waals surface area contributed by atoms with Crippen LogP contribution in [0.5, 0.6) is 5.75 Å². The van der Waals surface area contributed by atoms with E-state index in [4.69, 9.17) is 9.15 Å². The van der Waals surface area contributed by atoms with Crippen LogP contribution in [0.15, 0.2) is 63.1 Å². The summed E-state index contributed by atoms with van der Waals surface area (Å²) in [4.78, 5) is 12.8. The Labute approximate surface area is 120 Å². The fourth-order valence-corrected chi connectivity index (χ4v) is 2.59. The van der Waals surface area contributed by atoms with Crippen LogP contribution in [0.1, 0.15) is 0 Å². The molecule has 0 spiro atoms. The normalized spacial score (nSPS) is 10.4. The maximum absolute atomic E-state index is 11.8. The molecule has 100 valence electrons. The summed E-state index contributed by atoms with van der Waals surface area (Å²) in [6, 6.07) is 14.3. The van der Waals surface area contributed by atoms with Crippen LogP contribution in [0.3, 0.4) is 0 Å². The van der Waals surface area contributed by atoms with E-state index in [2.05, 4.69) is 0 Å². The third-order valence-electron chi connectivity index (χ3n) is 2.91. The van der Waals surface area contributed by atoms with Gasteiger partial charge in [-0.15, -0.1) is 11.3 Å². The van der Waals surface area contributed by atoms with E-state index < -0.39 is 0 Å². The smallest absolute Gasteiger partial charge is 0.186 e. The maximum atomic E-state index is 11.8. The highest BCUT2D eigenvalue weighted by molar-refractivity contribution is 7.13. The molecule has 1 aromatic carbocycles. The molecule has 0 fully saturated rings. The van der Waals surface area contributed by atoms with Gasteiger partial charge in [-0.25, -0.2) is 0 Å². The first kappa shape index (κ1) is 12.7. The molecule has 0 saturated carbocycles. The lowest BCUT2D eigenvalue weighted by molar-refractivity contribution is 0.415. The quantitative estimate of drug-likeness (QED) is 0.728. The molecule has 0 bridgehead atoms. The molecule has 0 aliphatic carbocycles. The average molecular weight is 284 g/mol. The van der Waals surface area contributed by atoms with Crippen molar-refractivity contribution in [2.45, 2.75) is 0 Å². The minimum Gasteiger partial charge on any atom is -0.497 e. The summed E-state index contributed by atoms with van der Waals surface area (Å²) in [5.41, 5.74) is 0.784. The van der Waals surface area contributed by atoms with Crippen molar-refractivity contribution in [2.24, 2.45) is 0 Å². The Balaban J connectivity index is 2.07. The van der Waals surface area contributed by atoms with Gasteiger partial charge in [0.1, 0.15) is 17.3 Å². The Kier molecular flexibility index (Phi) is 3.39. The largest absolute Gasteiger partial charge is 0.497 e. The predicted molar refractivity (Wildman–Crippen MR) is 80.3 cm³/mol. The number of hydrogen-bond acceptors (Lipinski definition) is 4. The van der Waals surface area contributed by atoms with Crippen LogP contribution in [0.4, 0.5) is 0 Å². The van der Waals surface area contributed by atoms with Crippen molar-refractivity contribution in [1.29, 1.82) is 0 Å². The van der Waals surface area contributed by atoms with Crippen LogP contribution in [0.2, 0.25) is 0 Å². The molecular formula is C16H12O3S. The van der Waals surface area contributed by atoms with E-state index in [-0.39, 0.29) is 5.43 Å². The molecule has 3 nitrogen and oxygen atoms in total. The Morgan fingerprint density at radius 3 is 2.45 bits per heavy atom. The molecule has 2 heterocycles. The lowest BCUT2D eigenvalue weighted by atomic mass is 10.1. The Hall–Kier alpha value is -2.33. The lowest BCUT2D eigenvalue weighted by Gasteiger charge is -2.04. The number of hydrogen-bond donors (Lipinski definition) is 0. The highest BCUT2D eigenvalue weighted by Gasteiger charge is 2.08. The van der Waals surface area contributed by atoms with Crippen molar-refractivity contribution in [2.75, 3.05) is 7.11 Å². The molecular weight excluding hydrogens is 272 g/mol. The van der Waals surface area contributed by atoms with Gasteiger partial charge < -0.3 is 9.15 Å². The fourth-order valence-electron chi connectivity index (χ4n) is 1.92. The van der Waals surface area contributed by atoms with Gasteiger partial charge in [0.15, 0.2) is 5.43 Å². The van der Waals surface area contributed by atoms with E-state index in [9.17, 15) is 4.79 Å². The number of benzene rings is 1. The van der Waals surface area contributed by atoms with Crippen LogP contribution in [-0.2, 0) is 0 Å². The second kappa shape index (κ2) is 5.35. The number of methoxy groups -OCH3 is 1. The summed E-state index contributed by atoms with van der Waals surface area (Å²) in [6.07, 6.45) is 0. The fraction of sp³-hybridized carbons (Fsp3) is 0.0625. The second-order valence-electron chi connectivity index (χ2n) is 4.23. The van der Waals surface area contributed by atoms with Gasteiger partial charge in [-0.3, -0.25) is 4.79 Å². The number of thiophene rings is 1. The molecule has 3 rings (SSSR count). The Morgan fingerprint density at radius 1 is 1.05 bits per heavy atom. The molecule has 2 aromatic heterocycles. The summed E-state index contributed by atoms with van der Waals surface area (Å²) in [7, 11) is 1.62. The first-order chi connectivity index (χ1) is 9.76. The first-order valence-corrected chi connectivity index (χ1v) is 6.98. The summed E-state index contributed by atoms with van der Waals surface area (Å²) in [6.45, 7) is 0. The minimum absolute atomic E-state index is 0.0644. The zero-order valence-corrected chi connectivity index (χ0v) is 11.6. The molecule has 4 heteroatoms. The topological polar surface area (TPSA) is 39.4 Å². The summed E-state index contributed by atoms with van der Waals surface area (Å²) in [5.74, 6) is 1.92.